The van der Waals surface area contributed by atoms with Gasteiger partial charge >= 0.3 is 0 Å². The predicted molar refractivity (Wildman–Crippen MR) is 75.8 cm³/mol. The van der Waals surface area contributed by atoms with Crippen LogP contribution in [-0.4, -0.2) is 24.4 Å². The number of nitrogen functional groups attached to an aromatic ring is 1. The number of hydrogen-bond acceptors (Lipinski definition) is 3. The fourth-order valence-electron chi connectivity index (χ4n) is 1.56. The van der Waals surface area contributed by atoms with Crippen molar-refractivity contribution in [3.05, 3.63) is 29.3 Å². The summed E-state index contributed by atoms with van der Waals surface area (Å²) < 4.78 is 0. The highest BCUT2D eigenvalue weighted by atomic mass is 16.2. The third-order valence-electron chi connectivity index (χ3n) is 2.82. The minimum Gasteiger partial charge on any atom is -0.399 e. The first-order valence-electron chi connectivity index (χ1n) is 6.40. The lowest BCUT2D eigenvalue weighted by molar-refractivity contribution is -0.122. The molecular weight excluding hydrogens is 242 g/mol. The number of nitrogens with one attached hydrogen (secondary N) is 2. The van der Waals surface area contributed by atoms with Crippen molar-refractivity contribution < 1.29 is 9.59 Å². The zero-order chi connectivity index (χ0) is 14.4. The largest absolute Gasteiger partial charge is 0.399 e. The van der Waals surface area contributed by atoms with E-state index in [0.29, 0.717) is 17.8 Å². The Morgan fingerprint density at radius 3 is 2.63 bits per heavy atom. The van der Waals surface area contributed by atoms with Crippen molar-refractivity contribution in [1.29, 1.82) is 0 Å². The molecule has 0 bridgehead atoms. The minimum absolute atomic E-state index is 0.178. The lowest BCUT2D eigenvalue weighted by atomic mass is 10.1. The van der Waals surface area contributed by atoms with Crippen LogP contribution in [0.2, 0.25) is 0 Å². The Labute approximate surface area is 113 Å². The molecule has 0 heterocycles. The maximum Gasteiger partial charge on any atom is 0.251 e. The molecule has 1 rings (SSSR count). The molecule has 0 fully saturated rings. The van der Waals surface area contributed by atoms with Gasteiger partial charge in [0.2, 0.25) is 5.91 Å². The van der Waals surface area contributed by atoms with Crippen LogP contribution in [-0.2, 0) is 4.79 Å². The summed E-state index contributed by atoms with van der Waals surface area (Å²) in [6.45, 7) is 6.08. The Morgan fingerprint density at radius 1 is 1.37 bits per heavy atom. The van der Waals surface area contributed by atoms with Crippen LogP contribution in [0.5, 0.6) is 0 Å². The first kappa shape index (κ1) is 15.0. The number of benzene rings is 1. The normalized spacial score (nSPS) is 11.7. The molecule has 104 valence electrons. The second kappa shape index (κ2) is 6.78. The van der Waals surface area contributed by atoms with E-state index >= 15 is 0 Å². The highest BCUT2D eigenvalue weighted by Gasteiger charge is 2.16. The lowest BCUT2D eigenvalue weighted by Gasteiger charge is -2.14. The molecule has 5 nitrogen and oxygen atoms in total. The topological polar surface area (TPSA) is 84.2 Å². The molecular formula is C14H21N3O2. The van der Waals surface area contributed by atoms with E-state index in [1.165, 1.54) is 0 Å². The fraction of sp³-hybridized carbons (Fsp3) is 0.429. The van der Waals surface area contributed by atoms with Gasteiger partial charge in [0.05, 0.1) is 0 Å². The summed E-state index contributed by atoms with van der Waals surface area (Å²) in [5.41, 5.74) is 7.69. The number of anilines is 1. The van der Waals surface area contributed by atoms with Crippen LogP contribution >= 0.6 is 0 Å². The molecule has 0 aliphatic carbocycles. The number of hydrogen-bond donors (Lipinski definition) is 3. The summed E-state index contributed by atoms with van der Waals surface area (Å²) in [4.78, 5) is 23.6. The van der Waals surface area contributed by atoms with Crippen molar-refractivity contribution in [2.75, 3.05) is 12.3 Å². The average molecular weight is 263 g/mol. The molecule has 1 aromatic rings. The molecule has 2 amide bonds. The maximum absolute atomic E-state index is 12.0. The van der Waals surface area contributed by atoms with Gasteiger partial charge in [-0.25, -0.2) is 0 Å². The van der Waals surface area contributed by atoms with E-state index in [1.54, 1.807) is 25.1 Å². The Bertz CT molecular complexity index is 472. The Morgan fingerprint density at radius 2 is 2.05 bits per heavy atom. The van der Waals surface area contributed by atoms with Crippen LogP contribution in [0.3, 0.4) is 0 Å². The minimum atomic E-state index is -0.558. The smallest absolute Gasteiger partial charge is 0.251 e. The number of amides is 2. The Hall–Kier alpha value is -2.04. The van der Waals surface area contributed by atoms with Crippen molar-refractivity contribution >= 4 is 17.5 Å². The quantitative estimate of drug-likeness (QED) is 0.698. The van der Waals surface area contributed by atoms with E-state index in [-0.39, 0.29) is 11.8 Å². The first-order valence-corrected chi connectivity index (χ1v) is 6.40. The average Bonchev–Trinajstić information content (AvgIpc) is 2.38. The third kappa shape index (κ3) is 4.28. The second-order valence-corrected chi connectivity index (χ2v) is 4.56. The van der Waals surface area contributed by atoms with Crippen LogP contribution < -0.4 is 16.4 Å². The highest BCUT2D eigenvalue weighted by Crippen LogP contribution is 2.12. The van der Waals surface area contributed by atoms with E-state index in [2.05, 4.69) is 10.6 Å². The van der Waals surface area contributed by atoms with Gasteiger partial charge in [0.25, 0.3) is 5.91 Å². The number of nitrogens with two attached hydrogens (primary N) is 1. The van der Waals surface area contributed by atoms with Crippen LogP contribution in [0.25, 0.3) is 0 Å². The van der Waals surface area contributed by atoms with Gasteiger partial charge in [0.15, 0.2) is 0 Å². The van der Waals surface area contributed by atoms with Gasteiger partial charge in [-0.3, -0.25) is 9.59 Å². The molecule has 1 aromatic carbocycles. The van der Waals surface area contributed by atoms with Gasteiger partial charge in [-0.05, 0) is 44.0 Å². The van der Waals surface area contributed by atoms with Gasteiger partial charge < -0.3 is 16.4 Å². The summed E-state index contributed by atoms with van der Waals surface area (Å²) in [6, 6.07) is 4.48. The number of aryl methyl sites for hydroxylation is 1. The summed E-state index contributed by atoms with van der Waals surface area (Å²) in [7, 11) is 0. The highest BCUT2D eigenvalue weighted by molar-refractivity contribution is 5.97. The Kier molecular flexibility index (Phi) is 5.36. The SMILES string of the molecule is CCCNC(=O)C(C)NC(=O)c1ccc(N)c(C)c1. The molecule has 0 aliphatic rings. The van der Waals surface area contributed by atoms with E-state index in [9.17, 15) is 9.59 Å². The standard InChI is InChI=1S/C14H21N3O2/c1-4-7-16-13(18)10(3)17-14(19)11-5-6-12(15)9(2)8-11/h5-6,8,10H,4,7,15H2,1-3H3,(H,16,18)(H,17,19). The summed E-state index contributed by atoms with van der Waals surface area (Å²) in [5, 5.41) is 5.40. The van der Waals surface area contributed by atoms with Crippen LogP contribution in [0.15, 0.2) is 18.2 Å². The molecule has 0 aliphatic heterocycles. The van der Waals surface area contributed by atoms with Crippen molar-refractivity contribution in [3.63, 3.8) is 0 Å². The molecule has 4 N–H and O–H groups in total. The second-order valence-electron chi connectivity index (χ2n) is 4.56. The molecule has 19 heavy (non-hydrogen) atoms. The van der Waals surface area contributed by atoms with Crippen LogP contribution in [0, 0.1) is 6.92 Å². The van der Waals surface area contributed by atoms with Gasteiger partial charge in [0, 0.05) is 17.8 Å². The van der Waals surface area contributed by atoms with E-state index in [0.717, 1.165) is 12.0 Å². The van der Waals surface area contributed by atoms with E-state index in [4.69, 9.17) is 5.73 Å². The first-order chi connectivity index (χ1) is 8.95. The zero-order valence-corrected chi connectivity index (χ0v) is 11.6. The van der Waals surface area contributed by atoms with Crippen molar-refractivity contribution in [1.82, 2.24) is 10.6 Å². The zero-order valence-electron chi connectivity index (χ0n) is 11.6. The van der Waals surface area contributed by atoms with Gasteiger partial charge in [0.1, 0.15) is 6.04 Å². The molecule has 0 saturated carbocycles. The summed E-state index contributed by atoms with van der Waals surface area (Å²) in [6.07, 6.45) is 0.865. The number of carbonyl (C=O) groups excluding carboxylic acids is 2. The lowest BCUT2D eigenvalue weighted by Crippen LogP contribution is -2.45. The molecule has 5 heteroatoms. The fourth-order valence-corrected chi connectivity index (χ4v) is 1.56. The van der Waals surface area contributed by atoms with E-state index in [1.807, 2.05) is 13.8 Å². The van der Waals surface area contributed by atoms with Crippen molar-refractivity contribution in [2.45, 2.75) is 33.2 Å². The monoisotopic (exact) mass is 263 g/mol. The van der Waals surface area contributed by atoms with Gasteiger partial charge in [-0.1, -0.05) is 6.92 Å². The molecule has 0 radical (unpaired) electrons. The van der Waals surface area contributed by atoms with Crippen LogP contribution in [0.1, 0.15) is 36.2 Å². The Balaban J connectivity index is 2.63. The molecule has 1 atom stereocenters. The molecule has 1 unspecified atom stereocenters. The van der Waals surface area contributed by atoms with Gasteiger partial charge in [-0.2, -0.15) is 0 Å². The maximum atomic E-state index is 12.0. The predicted octanol–water partition coefficient (Wildman–Crippen LogP) is 1.22. The third-order valence-corrected chi connectivity index (χ3v) is 2.82. The van der Waals surface area contributed by atoms with Gasteiger partial charge in [-0.15, -0.1) is 0 Å². The molecule has 0 aromatic heterocycles. The molecule has 0 spiro atoms. The summed E-state index contributed by atoms with van der Waals surface area (Å²) in [5.74, 6) is -0.454. The summed E-state index contributed by atoms with van der Waals surface area (Å²) >= 11 is 0. The van der Waals surface area contributed by atoms with Crippen LogP contribution in [0.4, 0.5) is 5.69 Å². The van der Waals surface area contributed by atoms with E-state index < -0.39 is 6.04 Å². The van der Waals surface area contributed by atoms with Crippen molar-refractivity contribution in [2.24, 2.45) is 0 Å². The van der Waals surface area contributed by atoms with Crippen molar-refractivity contribution in [3.8, 4) is 0 Å². The number of carbonyl (C=O) groups is 2. The number of rotatable bonds is 5. The molecule has 0 saturated heterocycles.